The van der Waals surface area contributed by atoms with Gasteiger partial charge in [-0.2, -0.15) is 30.9 Å². The Morgan fingerprint density at radius 1 is 0.725 bits per heavy atom. The van der Waals surface area contributed by atoms with Gasteiger partial charge in [0, 0.05) is 31.4 Å². The summed E-state index contributed by atoms with van der Waals surface area (Å²) in [5, 5.41) is 0.558. The van der Waals surface area contributed by atoms with Crippen LogP contribution in [0.25, 0.3) is 21.8 Å². The Morgan fingerprint density at radius 2 is 1.22 bits per heavy atom. The van der Waals surface area contributed by atoms with Crippen molar-refractivity contribution < 1.29 is 59.7 Å². The van der Waals surface area contributed by atoms with E-state index in [0.717, 1.165) is 38.5 Å². The van der Waals surface area contributed by atoms with Crippen molar-refractivity contribution in [3.05, 3.63) is 83.4 Å². The number of hydrogen-bond acceptors (Lipinski definition) is 6. The fraction of sp³-hybridized carbons (Fsp3) is 0.378. The number of imide groups is 1. The highest BCUT2D eigenvalue weighted by Crippen LogP contribution is 2.44. The van der Waals surface area contributed by atoms with Crippen molar-refractivity contribution >= 4 is 45.6 Å². The molecular formula is C37H35F6N2O6+. The number of alkyl halides is 6. The average molecular weight is 718 g/mol. The van der Waals surface area contributed by atoms with Crippen LogP contribution >= 0.6 is 0 Å². The van der Waals surface area contributed by atoms with E-state index in [9.17, 15) is 45.5 Å². The normalized spacial score (nSPS) is 14.4. The molecule has 2 amide bonds. The lowest BCUT2D eigenvalue weighted by Crippen LogP contribution is -2.48. The molecule has 1 aromatic heterocycles. The van der Waals surface area contributed by atoms with Gasteiger partial charge in [-0.15, -0.1) is 5.06 Å². The van der Waals surface area contributed by atoms with Crippen LogP contribution in [-0.4, -0.2) is 28.8 Å². The molecule has 14 heteroatoms. The number of halogens is 6. The third kappa shape index (κ3) is 8.15. The van der Waals surface area contributed by atoms with Crippen molar-refractivity contribution in [2.45, 2.75) is 89.5 Å². The number of carbonyl (C=O) groups excluding carboxylic acids is 4. The van der Waals surface area contributed by atoms with Crippen LogP contribution in [0.3, 0.4) is 0 Å². The number of ether oxygens (including phenoxy) is 1. The van der Waals surface area contributed by atoms with Gasteiger partial charge in [0.2, 0.25) is 11.0 Å². The second-order valence-corrected chi connectivity index (χ2v) is 12.3. The summed E-state index contributed by atoms with van der Waals surface area (Å²) in [6.45, 7) is 2.10. The molecule has 1 aliphatic heterocycles. The topological polar surface area (TPSA) is 93.9 Å². The molecule has 1 atom stereocenters. The minimum atomic E-state index is -5.29. The van der Waals surface area contributed by atoms with Gasteiger partial charge in [0.15, 0.2) is 5.75 Å². The predicted octanol–water partition coefficient (Wildman–Crippen LogP) is 8.83. The second-order valence-electron chi connectivity index (χ2n) is 12.3. The third-order valence-corrected chi connectivity index (χ3v) is 8.74. The molecule has 3 aromatic carbocycles. The number of pyridine rings is 1. The molecule has 270 valence electrons. The van der Waals surface area contributed by atoms with E-state index >= 15 is 0 Å². The van der Waals surface area contributed by atoms with Crippen LogP contribution in [0.4, 0.5) is 26.3 Å². The average Bonchev–Trinajstić information content (AvgIpc) is 3.39. The number of hydrogen-bond donors (Lipinski definition) is 0. The molecule has 8 nitrogen and oxygen atoms in total. The standard InChI is InChI=1S/C37H35F6N2O6/c1-2-3-4-5-6-7-8-20-29(34(48)51-45-30(46)21-22-31(45)47)44-27-18-11-9-14-23(27)32(24-15-10-12-19-28(24)44)35(49)50-33-25(36(38,39)40)16-13-17-26(33)37(41,42)43/h9-19,29H,2-8,20-22H2,1H3/q+1. The molecule has 0 N–H and O–H groups in total. The summed E-state index contributed by atoms with van der Waals surface area (Å²) in [6.07, 6.45) is -4.28. The van der Waals surface area contributed by atoms with Crippen LogP contribution in [0.15, 0.2) is 66.7 Å². The van der Waals surface area contributed by atoms with E-state index in [1.54, 1.807) is 16.7 Å². The Bertz CT molecular complexity index is 1850. The van der Waals surface area contributed by atoms with Gasteiger partial charge in [-0.05, 0) is 30.7 Å². The van der Waals surface area contributed by atoms with E-state index in [1.165, 1.54) is 36.4 Å². The molecule has 0 spiro atoms. The van der Waals surface area contributed by atoms with Crippen molar-refractivity contribution in [2.75, 3.05) is 0 Å². The maximum absolute atomic E-state index is 13.9. The number of hydroxylamine groups is 2. The number of aromatic nitrogens is 1. The number of carbonyl (C=O) groups is 4. The van der Waals surface area contributed by atoms with E-state index < -0.39 is 59.0 Å². The summed E-state index contributed by atoms with van der Waals surface area (Å²) in [5.41, 5.74) is -3.50. The molecular weight excluding hydrogens is 682 g/mol. The molecule has 0 aliphatic carbocycles. The van der Waals surface area contributed by atoms with Crippen LogP contribution in [0.2, 0.25) is 0 Å². The van der Waals surface area contributed by atoms with Gasteiger partial charge in [0.1, 0.15) is 0 Å². The van der Waals surface area contributed by atoms with Crippen molar-refractivity contribution in [3.63, 3.8) is 0 Å². The van der Waals surface area contributed by atoms with Gasteiger partial charge in [-0.3, -0.25) is 9.59 Å². The number of esters is 1. The van der Waals surface area contributed by atoms with Gasteiger partial charge in [0.25, 0.3) is 17.9 Å². The first-order valence-electron chi connectivity index (χ1n) is 16.7. The zero-order chi connectivity index (χ0) is 36.9. The maximum Gasteiger partial charge on any atom is 0.420 e. The van der Waals surface area contributed by atoms with Crippen molar-refractivity contribution in [2.24, 2.45) is 0 Å². The SMILES string of the molecule is CCCCCCCCCC(C(=O)ON1C(=O)CCC1=O)[n+]1c2ccccc2c(C(=O)Oc2c(C(F)(F)F)cccc2C(F)(F)F)c2ccccc21. The smallest absolute Gasteiger partial charge is 0.420 e. The first-order valence-corrected chi connectivity index (χ1v) is 16.7. The highest BCUT2D eigenvalue weighted by atomic mass is 19.4. The lowest BCUT2D eigenvalue weighted by molar-refractivity contribution is -0.662. The number of rotatable bonds is 13. The molecule has 1 fully saturated rings. The highest BCUT2D eigenvalue weighted by Gasteiger charge is 2.44. The molecule has 5 rings (SSSR count). The fourth-order valence-electron chi connectivity index (χ4n) is 6.31. The van der Waals surface area contributed by atoms with Crippen LogP contribution in [-0.2, 0) is 31.6 Å². The van der Waals surface area contributed by atoms with Gasteiger partial charge >= 0.3 is 24.3 Å². The number of amides is 2. The molecule has 4 aromatic rings. The van der Waals surface area contributed by atoms with Crippen LogP contribution in [0, 0.1) is 0 Å². The Kier molecular flexibility index (Phi) is 11.3. The second kappa shape index (κ2) is 15.5. The van der Waals surface area contributed by atoms with Gasteiger partial charge < -0.3 is 9.57 Å². The summed E-state index contributed by atoms with van der Waals surface area (Å²) in [5.74, 6) is -5.48. The summed E-state index contributed by atoms with van der Waals surface area (Å²) in [4.78, 5) is 57.9. The summed E-state index contributed by atoms with van der Waals surface area (Å²) < 4.78 is 90.2. The van der Waals surface area contributed by atoms with Crippen molar-refractivity contribution in [3.8, 4) is 5.75 Å². The Hall–Kier alpha value is -5.01. The summed E-state index contributed by atoms with van der Waals surface area (Å²) in [7, 11) is 0. The summed E-state index contributed by atoms with van der Waals surface area (Å²) in [6, 6.07) is 12.3. The lowest BCUT2D eigenvalue weighted by Gasteiger charge is -2.20. The number of nitrogens with zero attached hydrogens (tertiary/aromatic N) is 2. The van der Waals surface area contributed by atoms with Gasteiger partial charge in [-0.25, -0.2) is 9.59 Å². The predicted molar refractivity (Wildman–Crippen MR) is 172 cm³/mol. The monoisotopic (exact) mass is 717 g/mol. The van der Waals surface area contributed by atoms with Gasteiger partial charge in [-0.1, -0.05) is 75.8 Å². The molecule has 1 saturated heterocycles. The molecule has 1 aliphatic rings. The number of benzene rings is 3. The Labute approximate surface area is 288 Å². The molecule has 0 radical (unpaired) electrons. The van der Waals surface area contributed by atoms with Crippen molar-refractivity contribution in [1.82, 2.24) is 5.06 Å². The molecule has 0 saturated carbocycles. The van der Waals surface area contributed by atoms with Crippen LogP contribution < -0.4 is 9.30 Å². The lowest BCUT2D eigenvalue weighted by atomic mass is 9.99. The van der Waals surface area contributed by atoms with Crippen LogP contribution in [0.1, 0.15) is 98.7 Å². The number of fused-ring (bicyclic) bond motifs is 2. The zero-order valence-corrected chi connectivity index (χ0v) is 27.6. The van der Waals surface area contributed by atoms with Gasteiger partial charge in [0.05, 0.1) is 27.5 Å². The minimum absolute atomic E-state index is 0.0601. The first-order chi connectivity index (χ1) is 24.2. The van der Waals surface area contributed by atoms with E-state index in [-0.39, 0.29) is 46.6 Å². The summed E-state index contributed by atoms with van der Waals surface area (Å²) >= 11 is 0. The molecule has 0 bridgehead atoms. The van der Waals surface area contributed by atoms with E-state index in [2.05, 4.69) is 6.92 Å². The quantitative estimate of drug-likeness (QED) is 0.0261. The Morgan fingerprint density at radius 3 is 1.73 bits per heavy atom. The third-order valence-electron chi connectivity index (χ3n) is 8.74. The fourth-order valence-corrected chi connectivity index (χ4v) is 6.31. The number of unbranched alkanes of at least 4 members (excludes halogenated alkanes) is 6. The Balaban J connectivity index is 1.64. The molecule has 2 heterocycles. The van der Waals surface area contributed by atoms with Crippen molar-refractivity contribution in [1.29, 1.82) is 0 Å². The van der Waals surface area contributed by atoms with E-state index in [4.69, 9.17) is 9.57 Å². The number of para-hydroxylation sites is 3. The largest absolute Gasteiger partial charge is 0.422 e. The minimum Gasteiger partial charge on any atom is -0.422 e. The zero-order valence-electron chi connectivity index (χ0n) is 27.6. The first kappa shape index (κ1) is 37.3. The molecule has 1 unspecified atom stereocenters. The maximum atomic E-state index is 13.9. The van der Waals surface area contributed by atoms with E-state index in [0.29, 0.717) is 29.7 Å². The highest BCUT2D eigenvalue weighted by molar-refractivity contribution is 6.13. The van der Waals surface area contributed by atoms with E-state index in [1.807, 2.05) is 0 Å². The molecule has 51 heavy (non-hydrogen) atoms. The van der Waals surface area contributed by atoms with Crippen LogP contribution in [0.5, 0.6) is 5.75 Å².